The van der Waals surface area contributed by atoms with Crippen LogP contribution < -0.4 is 16.0 Å². The lowest BCUT2D eigenvalue weighted by Crippen LogP contribution is -2.39. The summed E-state index contributed by atoms with van der Waals surface area (Å²) in [6.45, 7) is 2.00. The molecular formula is C19H29FN4OS. The lowest BCUT2D eigenvalue weighted by atomic mass is 9.85. The van der Waals surface area contributed by atoms with E-state index in [1.165, 1.54) is 12.5 Å². The summed E-state index contributed by atoms with van der Waals surface area (Å²) < 4.78 is 13.4. The zero-order chi connectivity index (χ0) is 18.8. The summed E-state index contributed by atoms with van der Waals surface area (Å²) in [5.41, 5.74) is 2.07. The second kappa shape index (κ2) is 11.1. The third-order valence-electron chi connectivity index (χ3n) is 4.56. The number of hydrogen-bond acceptors (Lipinski definition) is 3. The smallest absolute Gasteiger partial charge is 0.223 e. The molecule has 0 unspecified atom stereocenters. The van der Waals surface area contributed by atoms with E-state index in [1.807, 2.05) is 12.3 Å². The number of nitrogens with zero attached hydrogens (tertiary/aromatic N) is 1. The quantitative estimate of drug-likeness (QED) is 0.350. The number of halogens is 1. The van der Waals surface area contributed by atoms with Crippen molar-refractivity contribution in [3.05, 3.63) is 35.1 Å². The molecule has 1 fully saturated rings. The van der Waals surface area contributed by atoms with E-state index in [4.69, 9.17) is 0 Å². The fourth-order valence-electron chi connectivity index (χ4n) is 2.78. The van der Waals surface area contributed by atoms with Gasteiger partial charge in [0.15, 0.2) is 5.96 Å². The summed E-state index contributed by atoms with van der Waals surface area (Å²) in [4.78, 5) is 16.0. The van der Waals surface area contributed by atoms with Gasteiger partial charge in [-0.2, -0.15) is 11.8 Å². The molecule has 0 bridgehead atoms. The molecule has 144 valence electrons. The van der Waals surface area contributed by atoms with Crippen LogP contribution in [0.2, 0.25) is 0 Å². The van der Waals surface area contributed by atoms with Gasteiger partial charge in [0, 0.05) is 38.4 Å². The SMILES string of the molecule is CN=C(NCCCNC(=O)C1CCC1)NCc1ccc(F)cc1CSC. The molecule has 1 saturated carbocycles. The van der Waals surface area contributed by atoms with Crippen molar-refractivity contribution in [3.8, 4) is 0 Å². The van der Waals surface area contributed by atoms with E-state index < -0.39 is 0 Å². The summed E-state index contributed by atoms with van der Waals surface area (Å²) in [5, 5.41) is 9.49. The fourth-order valence-corrected chi connectivity index (χ4v) is 3.36. The number of guanidine groups is 1. The van der Waals surface area contributed by atoms with Crippen LogP contribution in [0.1, 0.15) is 36.8 Å². The molecule has 1 aliphatic rings. The van der Waals surface area contributed by atoms with Crippen molar-refractivity contribution in [2.75, 3.05) is 26.4 Å². The van der Waals surface area contributed by atoms with E-state index in [9.17, 15) is 9.18 Å². The maximum Gasteiger partial charge on any atom is 0.223 e. The van der Waals surface area contributed by atoms with Crippen molar-refractivity contribution in [2.24, 2.45) is 10.9 Å². The monoisotopic (exact) mass is 380 g/mol. The lowest BCUT2D eigenvalue weighted by Gasteiger charge is -2.24. The number of aliphatic imine (C=N–C) groups is 1. The van der Waals surface area contributed by atoms with Crippen LogP contribution in [0.3, 0.4) is 0 Å². The highest BCUT2D eigenvalue weighted by molar-refractivity contribution is 7.97. The summed E-state index contributed by atoms with van der Waals surface area (Å²) in [7, 11) is 1.72. The number of thioether (sulfide) groups is 1. The van der Waals surface area contributed by atoms with Crippen molar-refractivity contribution >= 4 is 23.6 Å². The van der Waals surface area contributed by atoms with E-state index >= 15 is 0 Å². The first-order chi connectivity index (χ1) is 12.6. The minimum absolute atomic E-state index is 0.191. The Hall–Kier alpha value is -1.76. The third-order valence-corrected chi connectivity index (χ3v) is 5.16. The molecule has 5 nitrogen and oxygen atoms in total. The molecule has 0 atom stereocenters. The summed E-state index contributed by atoms with van der Waals surface area (Å²) in [6, 6.07) is 4.90. The maximum absolute atomic E-state index is 13.4. The van der Waals surface area contributed by atoms with Crippen molar-refractivity contribution in [2.45, 2.75) is 38.0 Å². The van der Waals surface area contributed by atoms with E-state index in [1.54, 1.807) is 24.9 Å². The molecule has 0 aliphatic heterocycles. The highest BCUT2D eigenvalue weighted by Gasteiger charge is 2.24. The first-order valence-electron chi connectivity index (χ1n) is 9.12. The largest absolute Gasteiger partial charge is 0.356 e. The van der Waals surface area contributed by atoms with Gasteiger partial charge in [-0.25, -0.2) is 4.39 Å². The summed E-state index contributed by atoms with van der Waals surface area (Å²) in [6.07, 6.45) is 6.08. The summed E-state index contributed by atoms with van der Waals surface area (Å²) >= 11 is 1.67. The van der Waals surface area contributed by atoms with Crippen LogP contribution in [0, 0.1) is 11.7 Å². The molecule has 7 heteroatoms. The number of hydrogen-bond donors (Lipinski definition) is 3. The van der Waals surface area contributed by atoms with E-state index in [-0.39, 0.29) is 17.6 Å². The number of nitrogens with one attached hydrogen (secondary N) is 3. The third kappa shape index (κ3) is 6.52. The van der Waals surface area contributed by atoms with Gasteiger partial charge in [0.25, 0.3) is 0 Å². The van der Waals surface area contributed by atoms with E-state index in [2.05, 4.69) is 20.9 Å². The van der Waals surface area contributed by atoms with Gasteiger partial charge in [-0.3, -0.25) is 9.79 Å². The molecule has 0 aromatic heterocycles. The number of amides is 1. The molecule has 1 amide bonds. The standard InChI is InChI=1S/C19H29FN4OS/c1-21-19(23-10-4-9-22-18(25)14-5-3-6-14)24-12-15-7-8-17(20)11-16(15)13-26-2/h7-8,11,14H,3-6,9-10,12-13H2,1-2H3,(H,22,25)(H2,21,23,24). The average molecular weight is 381 g/mol. The molecule has 0 spiro atoms. The molecule has 0 heterocycles. The fraction of sp³-hybridized carbons (Fsp3) is 0.579. The molecule has 26 heavy (non-hydrogen) atoms. The molecule has 1 aromatic rings. The van der Waals surface area contributed by atoms with Crippen molar-refractivity contribution in [1.29, 1.82) is 0 Å². The number of carbonyl (C=O) groups is 1. The van der Waals surface area contributed by atoms with Crippen molar-refractivity contribution in [1.82, 2.24) is 16.0 Å². The molecule has 0 saturated heterocycles. The summed E-state index contributed by atoms with van der Waals surface area (Å²) in [5.74, 6) is 1.71. The predicted molar refractivity (Wildman–Crippen MR) is 107 cm³/mol. The lowest BCUT2D eigenvalue weighted by molar-refractivity contribution is -0.127. The Morgan fingerprint density at radius 2 is 2.00 bits per heavy atom. The van der Waals surface area contributed by atoms with Crippen LogP contribution in [-0.4, -0.2) is 38.3 Å². The van der Waals surface area contributed by atoms with E-state index in [0.717, 1.165) is 42.7 Å². The predicted octanol–water partition coefficient (Wildman–Crippen LogP) is 2.66. The zero-order valence-electron chi connectivity index (χ0n) is 15.6. The highest BCUT2D eigenvalue weighted by atomic mass is 32.2. The zero-order valence-corrected chi connectivity index (χ0v) is 16.4. The van der Waals surface area contributed by atoms with Gasteiger partial charge >= 0.3 is 0 Å². The number of rotatable bonds is 9. The maximum atomic E-state index is 13.4. The van der Waals surface area contributed by atoms with Gasteiger partial charge in [-0.1, -0.05) is 12.5 Å². The molecule has 1 aromatic carbocycles. The molecule has 0 radical (unpaired) electrons. The van der Waals surface area contributed by atoms with Gasteiger partial charge in [0.1, 0.15) is 5.82 Å². The van der Waals surface area contributed by atoms with Crippen molar-refractivity contribution in [3.63, 3.8) is 0 Å². The van der Waals surface area contributed by atoms with Crippen LogP contribution in [0.15, 0.2) is 23.2 Å². The normalized spacial score (nSPS) is 14.7. The van der Waals surface area contributed by atoms with Gasteiger partial charge < -0.3 is 16.0 Å². The Balaban J connectivity index is 1.68. The van der Waals surface area contributed by atoms with Crippen LogP contribution in [0.4, 0.5) is 4.39 Å². The second-order valence-electron chi connectivity index (χ2n) is 6.47. The average Bonchev–Trinajstić information content (AvgIpc) is 2.57. The number of benzene rings is 1. The van der Waals surface area contributed by atoms with Gasteiger partial charge in [-0.05, 0) is 48.8 Å². The van der Waals surface area contributed by atoms with Gasteiger partial charge in [0.05, 0.1) is 0 Å². The Morgan fingerprint density at radius 1 is 1.23 bits per heavy atom. The topological polar surface area (TPSA) is 65.5 Å². The highest BCUT2D eigenvalue weighted by Crippen LogP contribution is 2.26. The van der Waals surface area contributed by atoms with Gasteiger partial charge in [-0.15, -0.1) is 0 Å². The Kier molecular flexibility index (Phi) is 8.74. The van der Waals surface area contributed by atoms with Crippen molar-refractivity contribution < 1.29 is 9.18 Å². The Morgan fingerprint density at radius 3 is 2.65 bits per heavy atom. The second-order valence-corrected chi connectivity index (χ2v) is 7.34. The minimum Gasteiger partial charge on any atom is -0.356 e. The minimum atomic E-state index is -0.204. The van der Waals surface area contributed by atoms with Crippen LogP contribution in [0.5, 0.6) is 0 Å². The molecule has 2 rings (SSSR count). The number of carbonyl (C=O) groups excluding carboxylic acids is 1. The Labute approximate surface area is 159 Å². The van der Waals surface area contributed by atoms with Crippen LogP contribution in [0.25, 0.3) is 0 Å². The van der Waals surface area contributed by atoms with Crippen LogP contribution in [-0.2, 0) is 17.1 Å². The van der Waals surface area contributed by atoms with E-state index in [0.29, 0.717) is 19.0 Å². The first kappa shape index (κ1) is 20.6. The van der Waals surface area contributed by atoms with Crippen LogP contribution >= 0.6 is 11.8 Å². The first-order valence-corrected chi connectivity index (χ1v) is 10.5. The molecule has 3 N–H and O–H groups in total. The Bertz CT molecular complexity index is 620. The molecule has 1 aliphatic carbocycles. The van der Waals surface area contributed by atoms with Gasteiger partial charge in [0.2, 0.25) is 5.91 Å². The molecular weight excluding hydrogens is 351 g/mol.